The molecule has 0 fully saturated rings. The number of hydrogen-bond donors (Lipinski definition) is 2. The third-order valence-electron chi connectivity index (χ3n) is 7.71. The van der Waals surface area contributed by atoms with Crippen molar-refractivity contribution in [1.29, 1.82) is 0 Å². The molecule has 0 saturated carbocycles. The van der Waals surface area contributed by atoms with Gasteiger partial charge in [-0.05, 0) is 54.8 Å². The fourth-order valence-corrected chi connectivity index (χ4v) is 6.04. The maximum Gasteiger partial charge on any atom is 0.354 e. The number of aromatic nitrogens is 2. The summed E-state index contributed by atoms with van der Waals surface area (Å²) in [7, 11) is 0. The molecule has 2 aliphatic heterocycles. The number of phenolic OH excluding ortho intramolecular Hbond substituents is 1. The number of aryl methyl sites for hydroxylation is 1. The fourth-order valence-electron chi connectivity index (χ4n) is 6.04. The number of pyridine rings is 2. The third-order valence-corrected chi connectivity index (χ3v) is 7.71. The van der Waals surface area contributed by atoms with E-state index in [2.05, 4.69) is 16.0 Å². The van der Waals surface area contributed by atoms with Crippen LogP contribution in [0.5, 0.6) is 5.75 Å². The molecule has 0 radical (unpaired) electrons. The van der Waals surface area contributed by atoms with Crippen LogP contribution >= 0.6 is 0 Å². The molecule has 7 rings (SSSR count). The summed E-state index contributed by atoms with van der Waals surface area (Å²) < 4.78 is 0. The van der Waals surface area contributed by atoms with Crippen LogP contribution in [0.2, 0.25) is 0 Å². The SMILES string of the molecule is O=C(O)c1ccc2cccc(-c3cc4ccccc4c(-c4cc5c6c(c4O)CCCN6CCC5)n3)c2n1.[Pt]. The number of carbonyl (C=O) groups is 1. The number of aromatic hydroxyl groups is 1. The van der Waals surface area contributed by atoms with Gasteiger partial charge in [-0.25, -0.2) is 14.8 Å². The second kappa shape index (κ2) is 9.52. The summed E-state index contributed by atoms with van der Waals surface area (Å²) >= 11 is 0. The molecule has 5 aromatic rings. The van der Waals surface area contributed by atoms with E-state index in [1.807, 2.05) is 48.5 Å². The summed E-state index contributed by atoms with van der Waals surface area (Å²) in [5.41, 5.74) is 7.08. The third kappa shape index (κ3) is 3.86. The normalized spacial score (nSPS) is 14.3. The Kier molecular flexibility index (Phi) is 6.15. The zero-order chi connectivity index (χ0) is 25.1. The molecule has 2 aliphatic rings. The average Bonchev–Trinajstić information content (AvgIpc) is 2.93. The van der Waals surface area contributed by atoms with Crippen molar-refractivity contribution < 1.29 is 36.1 Å². The van der Waals surface area contributed by atoms with E-state index in [1.54, 1.807) is 6.07 Å². The van der Waals surface area contributed by atoms with E-state index < -0.39 is 5.97 Å². The van der Waals surface area contributed by atoms with Crippen LogP contribution in [0.4, 0.5) is 5.69 Å². The molecule has 0 saturated heterocycles. The van der Waals surface area contributed by atoms with Gasteiger partial charge < -0.3 is 15.1 Å². The average molecular weight is 683 g/mol. The van der Waals surface area contributed by atoms with Crippen molar-refractivity contribution in [2.45, 2.75) is 25.7 Å². The van der Waals surface area contributed by atoms with Gasteiger partial charge in [0.05, 0.1) is 16.9 Å². The summed E-state index contributed by atoms with van der Waals surface area (Å²) in [6.07, 6.45) is 4.00. The molecule has 0 amide bonds. The van der Waals surface area contributed by atoms with Crippen LogP contribution in [0.3, 0.4) is 0 Å². The molecule has 38 heavy (non-hydrogen) atoms. The van der Waals surface area contributed by atoms with E-state index in [0.717, 1.165) is 77.3 Å². The van der Waals surface area contributed by atoms with Gasteiger partial charge in [0.1, 0.15) is 11.4 Å². The van der Waals surface area contributed by atoms with Crippen molar-refractivity contribution in [1.82, 2.24) is 9.97 Å². The van der Waals surface area contributed by atoms with Gasteiger partial charge in [-0.1, -0.05) is 48.5 Å². The minimum absolute atomic E-state index is 0. The number of aromatic carboxylic acids is 1. The van der Waals surface area contributed by atoms with Crippen LogP contribution in [0.1, 0.15) is 34.5 Å². The van der Waals surface area contributed by atoms with E-state index >= 15 is 0 Å². The first-order valence-corrected chi connectivity index (χ1v) is 12.7. The second-order valence-electron chi connectivity index (χ2n) is 9.91. The number of anilines is 1. The fraction of sp³-hybridized carbons (Fsp3) is 0.194. The number of rotatable bonds is 3. The molecular formula is C31H25N3O3Pt. The molecule has 192 valence electrons. The molecule has 4 heterocycles. The summed E-state index contributed by atoms with van der Waals surface area (Å²) in [5, 5.41) is 23.9. The van der Waals surface area contributed by atoms with Crippen LogP contribution in [0, 0.1) is 0 Å². The number of phenols is 1. The van der Waals surface area contributed by atoms with E-state index in [1.165, 1.54) is 17.3 Å². The monoisotopic (exact) mass is 682 g/mol. The Labute approximate surface area is 234 Å². The first-order chi connectivity index (χ1) is 18.1. The van der Waals surface area contributed by atoms with E-state index in [4.69, 9.17) is 4.98 Å². The number of benzene rings is 3. The van der Waals surface area contributed by atoms with Gasteiger partial charge in [0, 0.05) is 67.3 Å². The first-order valence-electron chi connectivity index (χ1n) is 12.7. The topological polar surface area (TPSA) is 86.5 Å². The van der Waals surface area contributed by atoms with Crippen LogP contribution in [0.25, 0.3) is 44.2 Å². The molecule has 0 aliphatic carbocycles. The molecule has 2 aromatic heterocycles. The van der Waals surface area contributed by atoms with E-state index in [0.29, 0.717) is 17.0 Å². The van der Waals surface area contributed by atoms with Crippen molar-refractivity contribution in [3.8, 4) is 28.3 Å². The molecule has 0 unspecified atom stereocenters. The van der Waals surface area contributed by atoms with E-state index in [9.17, 15) is 15.0 Å². The minimum atomic E-state index is -1.06. The Hall–Kier alpha value is -3.76. The molecule has 7 heteroatoms. The number of carboxylic acid groups (broad SMARTS) is 1. The maximum absolute atomic E-state index is 11.6. The summed E-state index contributed by atoms with van der Waals surface area (Å²) in [4.78, 5) is 23.6. The Balaban J connectivity index is 0.00000264. The van der Waals surface area contributed by atoms with Crippen LogP contribution in [-0.4, -0.2) is 39.2 Å². The summed E-state index contributed by atoms with van der Waals surface area (Å²) in [5.74, 6) is -0.741. The molecular weight excluding hydrogens is 657 g/mol. The van der Waals surface area contributed by atoms with Gasteiger partial charge in [0.15, 0.2) is 0 Å². The molecule has 2 N–H and O–H groups in total. The second-order valence-corrected chi connectivity index (χ2v) is 9.91. The number of nitrogens with zero attached hydrogens (tertiary/aromatic N) is 3. The number of para-hydroxylation sites is 1. The van der Waals surface area contributed by atoms with Crippen LogP contribution in [0.15, 0.2) is 66.7 Å². The van der Waals surface area contributed by atoms with Crippen molar-refractivity contribution in [3.05, 3.63) is 83.6 Å². The zero-order valence-electron chi connectivity index (χ0n) is 20.6. The van der Waals surface area contributed by atoms with Crippen molar-refractivity contribution in [2.24, 2.45) is 0 Å². The van der Waals surface area contributed by atoms with Gasteiger partial charge >= 0.3 is 5.97 Å². The number of carboxylic acids is 1. The van der Waals surface area contributed by atoms with Gasteiger partial charge in [0.2, 0.25) is 0 Å². The minimum Gasteiger partial charge on any atom is -0.507 e. The van der Waals surface area contributed by atoms with Crippen molar-refractivity contribution in [2.75, 3.05) is 18.0 Å². The Morgan fingerprint density at radius 3 is 2.47 bits per heavy atom. The molecule has 6 nitrogen and oxygen atoms in total. The quantitative estimate of drug-likeness (QED) is 0.235. The Morgan fingerprint density at radius 1 is 0.842 bits per heavy atom. The van der Waals surface area contributed by atoms with Crippen LogP contribution in [-0.2, 0) is 33.9 Å². The smallest absolute Gasteiger partial charge is 0.354 e. The van der Waals surface area contributed by atoms with Gasteiger partial charge in [-0.3, -0.25) is 0 Å². The Morgan fingerprint density at radius 2 is 1.63 bits per heavy atom. The van der Waals surface area contributed by atoms with Crippen molar-refractivity contribution in [3.63, 3.8) is 0 Å². The van der Waals surface area contributed by atoms with Gasteiger partial charge in [-0.2, -0.15) is 0 Å². The van der Waals surface area contributed by atoms with Gasteiger partial charge in [0.25, 0.3) is 0 Å². The molecule has 0 bridgehead atoms. The predicted molar refractivity (Wildman–Crippen MR) is 145 cm³/mol. The van der Waals surface area contributed by atoms with E-state index in [-0.39, 0.29) is 26.8 Å². The standard InChI is InChI=1S/C31H25N3O3.Pt/c35-30-23-11-5-15-34-14-4-8-20(29(23)34)16-24(30)28-21-9-2-1-6-19(21)17-26(33-28)22-10-3-7-18-12-13-25(31(36)37)32-27(18)22;/h1-3,6-7,9-10,12-13,16-17,35H,4-5,8,11,14-15H2,(H,36,37);. The van der Waals surface area contributed by atoms with Crippen molar-refractivity contribution >= 4 is 33.3 Å². The molecule has 0 spiro atoms. The number of fused-ring (bicyclic) bond motifs is 2. The molecule has 0 atom stereocenters. The Bertz CT molecular complexity index is 1750. The molecule has 3 aromatic carbocycles. The maximum atomic E-state index is 11.6. The van der Waals surface area contributed by atoms with Crippen LogP contribution < -0.4 is 4.90 Å². The van der Waals surface area contributed by atoms with Gasteiger partial charge in [-0.15, -0.1) is 0 Å². The number of hydrogen-bond acceptors (Lipinski definition) is 5. The zero-order valence-corrected chi connectivity index (χ0v) is 22.8. The first kappa shape index (κ1) is 24.6. The summed E-state index contributed by atoms with van der Waals surface area (Å²) in [6, 6.07) is 21.3. The largest absolute Gasteiger partial charge is 0.507 e. The summed E-state index contributed by atoms with van der Waals surface area (Å²) in [6.45, 7) is 2.09. The predicted octanol–water partition coefficient (Wildman–Crippen LogP) is 6.22.